The number of anilines is 1. The van der Waals surface area contributed by atoms with Gasteiger partial charge in [-0.3, -0.25) is 0 Å². The Morgan fingerprint density at radius 1 is 1.50 bits per heavy atom. The maximum absolute atomic E-state index is 9.49. The van der Waals surface area contributed by atoms with E-state index in [1.807, 2.05) is 19.1 Å². The molecule has 1 aromatic heterocycles. The monoisotopic (exact) mass is 194 g/mol. The zero-order chi connectivity index (χ0) is 10.6. The van der Waals surface area contributed by atoms with Crippen LogP contribution in [-0.4, -0.2) is 22.2 Å². The van der Waals surface area contributed by atoms with E-state index in [1.54, 1.807) is 20.0 Å². The van der Waals surface area contributed by atoms with Crippen LogP contribution in [0.1, 0.15) is 25.8 Å². The van der Waals surface area contributed by atoms with Crippen LogP contribution in [0.5, 0.6) is 0 Å². The average Bonchev–Trinajstić information content (AvgIpc) is 2.01. The normalized spacial score (nSPS) is 11.4. The fraction of sp³-hybridized carbons (Fsp3) is 0.545. The first-order valence-corrected chi connectivity index (χ1v) is 4.86. The summed E-state index contributed by atoms with van der Waals surface area (Å²) in [4.78, 5) is 4.17. The van der Waals surface area contributed by atoms with Crippen LogP contribution in [-0.2, 0) is 0 Å². The van der Waals surface area contributed by atoms with E-state index in [0.29, 0.717) is 6.42 Å². The van der Waals surface area contributed by atoms with Crippen LogP contribution in [0.25, 0.3) is 0 Å². The Morgan fingerprint density at radius 3 is 2.79 bits per heavy atom. The van der Waals surface area contributed by atoms with E-state index < -0.39 is 5.60 Å². The van der Waals surface area contributed by atoms with E-state index in [0.717, 1.165) is 12.4 Å². The summed E-state index contributed by atoms with van der Waals surface area (Å²) < 4.78 is 0. The third-order valence-corrected chi connectivity index (χ3v) is 1.96. The Balaban J connectivity index is 2.39. The lowest BCUT2D eigenvalue weighted by atomic mass is 10.1. The topological polar surface area (TPSA) is 45.2 Å². The molecule has 0 atom stereocenters. The molecule has 0 amide bonds. The number of aliphatic hydroxyl groups is 1. The van der Waals surface area contributed by atoms with Crippen LogP contribution in [0.2, 0.25) is 0 Å². The Hall–Kier alpha value is -1.09. The number of hydrogen-bond acceptors (Lipinski definition) is 3. The lowest BCUT2D eigenvalue weighted by Crippen LogP contribution is -2.22. The van der Waals surface area contributed by atoms with Crippen molar-refractivity contribution in [2.75, 3.05) is 11.9 Å². The number of aryl methyl sites for hydroxylation is 1. The SMILES string of the molecule is Cc1ccnc(NCCC(C)(C)O)c1. The van der Waals surface area contributed by atoms with Crippen molar-refractivity contribution in [1.82, 2.24) is 4.98 Å². The molecule has 1 aromatic rings. The van der Waals surface area contributed by atoms with E-state index in [9.17, 15) is 5.11 Å². The van der Waals surface area contributed by atoms with Crippen LogP contribution in [0.4, 0.5) is 5.82 Å². The average molecular weight is 194 g/mol. The van der Waals surface area contributed by atoms with Gasteiger partial charge in [0.1, 0.15) is 5.82 Å². The van der Waals surface area contributed by atoms with Crippen LogP contribution in [0, 0.1) is 6.92 Å². The highest BCUT2D eigenvalue weighted by atomic mass is 16.3. The van der Waals surface area contributed by atoms with Gasteiger partial charge in [-0.1, -0.05) is 0 Å². The molecule has 14 heavy (non-hydrogen) atoms. The van der Waals surface area contributed by atoms with Gasteiger partial charge in [-0.15, -0.1) is 0 Å². The molecule has 0 spiro atoms. The Morgan fingerprint density at radius 2 is 2.21 bits per heavy atom. The Bertz CT molecular complexity index is 292. The minimum absolute atomic E-state index is 0.614. The molecule has 3 heteroatoms. The zero-order valence-electron chi connectivity index (χ0n) is 9.04. The van der Waals surface area contributed by atoms with E-state index in [2.05, 4.69) is 10.3 Å². The van der Waals surface area contributed by atoms with Crippen molar-refractivity contribution in [3.05, 3.63) is 23.9 Å². The van der Waals surface area contributed by atoms with E-state index in [4.69, 9.17) is 0 Å². The van der Waals surface area contributed by atoms with Crippen LogP contribution >= 0.6 is 0 Å². The maximum atomic E-state index is 9.49. The van der Waals surface area contributed by atoms with Crippen molar-refractivity contribution in [2.24, 2.45) is 0 Å². The van der Waals surface area contributed by atoms with Crippen LogP contribution in [0.3, 0.4) is 0 Å². The molecule has 2 N–H and O–H groups in total. The minimum Gasteiger partial charge on any atom is -0.390 e. The van der Waals surface area contributed by atoms with Gasteiger partial charge in [-0.05, 0) is 44.9 Å². The molecule has 1 heterocycles. The standard InChI is InChI=1S/C11H18N2O/c1-9-4-6-12-10(8-9)13-7-5-11(2,3)14/h4,6,8,14H,5,7H2,1-3H3,(H,12,13). The molecule has 0 aliphatic rings. The van der Waals surface area contributed by atoms with Gasteiger partial charge in [-0.25, -0.2) is 4.98 Å². The molecule has 3 nitrogen and oxygen atoms in total. The molecule has 0 aliphatic heterocycles. The Kier molecular flexibility index (Phi) is 3.47. The van der Waals surface area contributed by atoms with Gasteiger partial charge < -0.3 is 10.4 Å². The third-order valence-electron chi connectivity index (χ3n) is 1.96. The number of hydrogen-bond donors (Lipinski definition) is 2. The smallest absolute Gasteiger partial charge is 0.126 e. The van der Waals surface area contributed by atoms with Gasteiger partial charge in [0.2, 0.25) is 0 Å². The first-order chi connectivity index (χ1) is 6.47. The molecular formula is C11H18N2O. The van der Waals surface area contributed by atoms with Gasteiger partial charge in [0.15, 0.2) is 0 Å². The summed E-state index contributed by atoms with van der Waals surface area (Å²) in [5.41, 5.74) is 0.572. The number of aromatic nitrogens is 1. The first kappa shape index (κ1) is 11.0. The van der Waals surface area contributed by atoms with Crippen molar-refractivity contribution in [2.45, 2.75) is 32.8 Å². The highest BCUT2D eigenvalue weighted by Gasteiger charge is 2.11. The van der Waals surface area contributed by atoms with E-state index in [1.165, 1.54) is 5.56 Å². The summed E-state index contributed by atoms with van der Waals surface area (Å²) in [6.07, 6.45) is 2.49. The quantitative estimate of drug-likeness (QED) is 0.770. The molecule has 0 unspecified atom stereocenters. The predicted octanol–water partition coefficient (Wildman–Crippen LogP) is 1.96. The van der Waals surface area contributed by atoms with E-state index >= 15 is 0 Å². The minimum atomic E-state index is -0.614. The number of nitrogens with zero attached hydrogens (tertiary/aromatic N) is 1. The summed E-state index contributed by atoms with van der Waals surface area (Å²) in [5, 5.41) is 12.7. The lowest BCUT2D eigenvalue weighted by Gasteiger charge is -2.17. The summed E-state index contributed by atoms with van der Waals surface area (Å²) >= 11 is 0. The van der Waals surface area contributed by atoms with Crippen molar-refractivity contribution in [3.63, 3.8) is 0 Å². The lowest BCUT2D eigenvalue weighted by molar-refractivity contribution is 0.0748. The largest absolute Gasteiger partial charge is 0.390 e. The highest BCUT2D eigenvalue weighted by molar-refractivity contribution is 5.36. The third kappa shape index (κ3) is 4.23. The molecule has 0 saturated heterocycles. The van der Waals surface area contributed by atoms with Gasteiger partial charge in [0.05, 0.1) is 5.60 Å². The summed E-state index contributed by atoms with van der Waals surface area (Å²) in [7, 11) is 0. The molecule has 0 radical (unpaired) electrons. The van der Waals surface area contributed by atoms with Gasteiger partial charge in [-0.2, -0.15) is 0 Å². The van der Waals surface area contributed by atoms with Crippen molar-refractivity contribution < 1.29 is 5.11 Å². The number of pyridine rings is 1. The molecule has 0 bridgehead atoms. The van der Waals surface area contributed by atoms with Gasteiger partial charge in [0.25, 0.3) is 0 Å². The van der Waals surface area contributed by atoms with Crippen molar-refractivity contribution in [3.8, 4) is 0 Å². The zero-order valence-corrected chi connectivity index (χ0v) is 9.04. The summed E-state index contributed by atoms with van der Waals surface area (Å²) in [6, 6.07) is 3.95. The fourth-order valence-electron chi connectivity index (χ4n) is 1.13. The molecule has 1 rings (SSSR count). The van der Waals surface area contributed by atoms with Gasteiger partial charge >= 0.3 is 0 Å². The molecule has 0 aliphatic carbocycles. The molecule has 0 saturated carbocycles. The number of rotatable bonds is 4. The Labute approximate surface area is 85.2 Å². The van der Waals surface area contributed by atoms with Crippen molar-refractivity contribution >= 4 is 5.82 Å². The molecule has 0 aromatic carbocycles. The maximum Gasteiger partial charge on any atom is 0.126 e. The highest BCUT2D eigenvalue weighted by Crippen LogP contribution is 2.09. The van der Waals surface area contributed by atoms with Crippen LogP contribution < -0.4 is 5.32 Å². The second-order valence-corrected chi connectivity index (χ2v) is 4.21. The number of nitrogens with one attached hydrogen (secondary N) is 1. The fourth-order valence-corrected chi connectivity index (χ4v) is 1.13. The van der Waals surface area contributed by atoms with Crippen LogP contribution in [0.15, 0.2) is 18.3 Å². The van der Waals surface area contributed by atoms with Gasteiger partial charge in [0, 0.05) is 12.7 Å². The second kappa shape index (κ2) is 4.42. The predicted molar refractivity (Wildman–Crippen MR) is 58.4 cm³/mol. The van der Waals surface area contributed by atoms with Crippen molar-refractivity contribution in [1.29, 1.82) is 0 Å². The second-order valence-electron chi connectivity index (χ2n) is 4.21. The van der Waals surface area contributed by atoms with E-state index in [-0.39, 0.29) is 0 Å². The summed E-state index contributed by atoms with van der Waals surface area (Å²) in [6.45, 7) is 6.37. The molecule has 0 fully saturated rings. The first-order valence-electron chi connectivity index (χ1n) is 4.86. The molecular weight excluding hydrogens is 176 g/mol. The molecule has 78 valence electrons. The summed E-state index contributed by atoms with van der Waals surface area (Å²) in [5.74, 6) is 0.870.